The summed E-state index contributed by atoms with van der Waals surface area (Å²) in [6.07, 6.45) is 11.2. The molecule has 0 fully saturated rings. The number of phenolic OH excluding ortho intramolecular Hbond substituents is 1. The number of hydrogen-bond acceptors (Lipinski definition) is 4. The Labute approximate surface area is 193 Å². The minimum Gasteiger partial charge on any atom is -0.508 e. The van der Waals surface area contributed by atoms with Crippen LogP contribution in [-0.2, 0) is 13.0 Å². The van der Waals surface area contributed by atoms with Crippen LogP contribution in [0.4, 0.5) is 0 Å². The van der Waals surface area contributed by atoms with Gasteiger partial charge < -0.3 is 20.7 Å². The normalized spacial score (nSPS) is 11.3. The summed E-state index contributed by atoms with van der Waals surface area (Å²) in [5.41, 5.74) is 4.93. The first-order valence-electron chi connectivity index (χ1n) is 11.1. The molecular weight excluding hydrogens is 412 g/mol. The van der Waals surface area contributed by atoms with Crippen molar-refractivity contribution < 1.29 is 9.90 Å². The molecular formula is C27H28N4O2. The predicted molar refractivity (Wildman–Crippen MR) is 132 cm³/mol. The van der Waals surface area contributed by atoms with E-state index in [1.54, 1.807) is 24.5 Å². The molecule has 1 amide bonds. The van der Waals surface area contributed by atoms with Crippen LogP contribution in [0.15, 0.2) is 79.3 Å². The minimum absolute atomic E-state index is 0.0585. The van der Waals surface area contributed by atoms with Crippen molar-refractivity contribution in [2.45, 2.75) is 19.4 Å². The number of fused-ring (bicyclic) bond motifs is 1. The first-order chi connectivity index (χ1) is 16.2. The van der Waals surface area contributed by atoms with E-state index in [4.69, 9.17) is 0 Å². The predicted octanol–water partition coefficient (Wildman–Crippen LogP) is 4.43. The van der Waals surface area contributed by atoms with E-state index >= 15 is 0 Å². The van der Waals surface area contributed by atoms with Crippen LogP contribution in [0, 0.1) is 0 Å². The standard InChI is InChI=1S/C27H28N4O2/c32-23-8-9-26-25(17-23)22(19-31-26)12-16-29-18-21-6-1-2-7-24(21)27(33)30-13-4-3-5-20-10-14-28-15-11-20/h1-3,5-11,14-15,17,19,29,31-32H,4,12-13,16,18H2,(H,30,33)/b5-3+. The molecule has 4 rings (SSSR count). The number of pyridine rings is 1. The lowest BCUT2D eigenvalue weighted by molar-refractivity contribution is 0.0953. The second-order valence-electron chi connectivity index (χ2n) is 7.86. The van der Waals surface area contributed by atoms with Crippen molar-refractivity contribution in [2.75, 3.05) is 13.1 Å². The summed E-state index contributed by atoms with van der Waals surface area (Å²) in [5, 5.41) is 17.2. The Morgan fingerprint density at radius 3 is 2.76 bits per heavy atom. The van der Waals surface area contributed by atoms with Crippen LogP contribution in [0.1, 0.15) is 33.5 Å². The Morgan fingerprint density at radius 1 is 1.03 bits per heavy atom. The maximum absolute atomic E-state index is 12.7. The van der Waals surface area contributed by atoms with E-state index < -0.39 is 0 Å². The highest BCUT2D eigenvalue weighted by Gasteiger charge is 2.10. The van der Waals surface area contributed by atoms with Gasteiger partial charge in [-0.1, -0.05) is 30.4 Å². The van der Waals surface area contributed by atoms with Crippen LogP contribution in [-0.4, -0.2) is 34.1 Å². The fourth-order valence-corrected chi connectivity index (χ4v) is 3.77. The molecule has 0 spiro atoms. The molecule has 0 atom stereocenters. The Bertz CT molecular complexity index is 1230. The maximum Gasteiger partial charge on any atom is 0.251 e. The van der Waals surface area contributed by atoms with Crippen molar-refractivity contribution in [1.29, 1.82) is 0 Å². The number of rotatable bonds is 10. The van der Waals surface area contributed by atoms with Crippen LogP contribution in [0.2, 0.25) is 0 Å². The third kappa shape index (κ3) is 6.08. The van der Waals surface area contributed by atoms with Gasteiger partial charge in [0, 0.05) is 48.1 Å². The van der Waals surface area contributed by atoms with Crippen molar-refractivity contribution in [2.24, 2.45) is 0 Å². The molecule has 0 aliphatic rings. The first kappa shape index (κ1) is 22.3. The second-order valence-corrected chi connectivity index (χ2v) is 7.86. The van der Waals surface area contributed by atoms with Crippen LogP contribution in [0.5, 0.6) is 5.75 Å². The number of hydrogen-bond donors (Lipinski definition) is 4. The molecule has 4 N–H and O–H groups in total. The number of aromatic hydroxyl groups is 1. The van der Waals surface area contributed by atoms with E-state index in [9.17, 15) is 9.90 Å². The fraction of sp³-hybridized carbons (Fsp3) is 0.185. The number of amides is 1. The third-order valence-electron chi connectivity index (χ3n) is 5.51. The molecule has 33 heavy (non-hydrogen) atoms. The number of carbonyl (C=O) groups is 1. The molecule has 6 nitrogen and oxygen atoms in total. The van der Waals surface area contributed by atoms with Gasteiger partial charge in [0.2, 0.25) is 0 Å². The summed E-state index contributed by atoms with van der Waals surface area (Å²) in [6, 6.07) is 16.9. The number of nitrogens with zero attached hydrogens (tertiary/aromatic N) is 1. The van der Waals surface area contributed by atoms with E-state index in [0.29, 0.717) is 18.7 Å². The minimum atomic E-state index is -0.0585. The zero-order chi connectivity index (χ0) is 22.9. The third-order valence-corrected chi connectivity index (χ3v) is 5.51. The zero-order valence-corrected chi connectivity index (χ0v) is 18.4. The summed E-state index contributed by atoms with van der Waals surface area (Å²) < 4.78 is 0. The van der Waals surface area contributed by atoms with Crippen molar-refractivity contribution in [3.05, 3.63) is 102 Å². The molecule has 2 aromatic carbocycles. The average Bonchev–Trinajstić information content (AvgIpc) is 3.24. The monoisotopic (exact) mass is 440 g/mol. The van der Waals surface area contributed by atoms with Crippen molar-refractivity contribution in [3.63, 3.8) is 0 Å². The van der Waals surface area contributed by atoms with Gasteiger partial charge in [-0.15, -0.1) is 0 Å². The average molecular weight is 441 g/mol. The lowest BCUT2D eigenvalue weighted by Crippen LogP contribution is -2.26. The van der Waals surface area contributed by atoms with Gasteiger partial charge in [-0.3, -0.25) is 9.78 Å². The largest absolute Gasteiger partial charge is 0.508 e. The van der Waals surface area contributed by atoms with E-state index in [1.165, 1.54) is 0 Å². The summed E-state index contributed by atoms with van der Waals surface area (Å²) in [4.78, 5) is 19.9. The smallest absolute Gasteiger partial charge is 0.251 e. The summed E-state index contributed by atoms with van der Waals surface area (Å²) >= 11 is 0. The Balaban J connectivity index is 1.25. The van der Waals surface area contributed by atoms with E-state index in [0.717, 1.165) is 47.0 Å². The Morgan fingerprint density at radius 2 is 1.88 bits per heavy atom. The molecule has 0 bridgehead atoms. The molecule has 6 heteroatoms. The Kier molecular flexibility index (Phi) is 7.51. The van der Waals surface area contributed by atoms with Crippen LogP contribution >= 0.6 is 0 Å². The van der Waals surface area contributed by atoms with E-state index in [2.05, 4.69) is 20.6 Å². The van der Waals surface area contributed by atoms with Crippen molar-refractivity contribution >= 4 is 22.9 Å². The van der Waals surface area contributed by atoms with E-state index in [1.807, 2.05) is 60.8 Å². The van der Waals surface area contributed by atoms with Gasteiger partial charge in [0.05, 0.1) is 0 Å². The lowest BCUT2D eigenvalue weighted by Gasteiger charge is -2.11. The number of carbonyl (C=O) groups excluding carboxylic acids is 1. The second kappa shape index (κ2) is 11.1. The van der Waals surface area contributed by atoms with Crippen molar-refractivity contribution in [1.82, 2.24) is 20.6 Å². The molecule has 4 aromatic rings. The lowest BCUT2D eigenvalue weighted by atomic mass is 10.1. The highest BCUT2D eigenvalue weighted by Crippen LogP contribution is 2.23. The molecule has 0 unspecified atom stereocenters. The number of aromatic nitrogens is 2. The van der Waals surface area contributed by atoms with Gasteiger partial charge in [0.1, 0.15) is 5.75 Å². The number of nitrogens with one attached hydrogen (secondary N) is 3. The molecule has 0 radical (unpaired) electrons. The quantitative estimate of drug-likeness (QED) is 0.275. The number of phenols is 1. The van der Waals surface area contributed by atoms with Crippen molar-refractivity contribution in [3.8, 4) is 5.75 Å². The zero-order valence-electron chi connectivity index (χ0n) is 18.4. The van der Waals surface area contributed by atoms with Crippen LogP contribution in [0.3, 0.4) is 0 Å². The molecule has 168 valence electrons. The number of aromatic amines is 1. The van der Waals surface area contributed by atoms with Gasteiger partial charge in [0.15, 0.2) is 0 Å². The summed E-state index contributed by atoms with van der Waals surface area (Å²) in [7, 11) is 0. The molecule has 0 aliphatic carbocycles. The molecule has 0 saturated heterocycles. The molecule has 0 saturated carbocycles. The molecule has 2 aromatic heterocycles. The molecule has 0 aliphatic heterocycles. The topological polar surface area (TPSA) is 90.0 Å². The van der Waals surface area contributed by atoms with Gasteiger partial charge in [-0.05, 0) is 72.5 Å². The van der Waals surface area contributed by atoms with Gasteiger partial charge in [-0.2, -0.15) is 0 Å². The van der Waals surface area contributed by atoms with Crippen LogP contribution < -0.4 is 10.6 Å². The fourth-order valence-electron chi connectivity index (χ4n) is 3.77. The maximum atomic E-state index is 12.7. The van der Waals surface area contributed by atoms with Gasteiger partial charge >= 0.3 is 0 Å². The number of benzene rings is 2. The summed E-state index contributed by atoms with van der Waals surface area (Å²) in [6.45, 7) is 1.95. The Hall–Kier alpha value is -3.90. The molecule has 2 heterocycles. The number of H-pyrrole nitrogens is 1. The van der Waals surface area contributed by atoms with Crippen LogP contribution in [0.25, 0.3) is 17.0 Å². The highest BCUT2D eigenvalue weighted by atomic mass is 16.3. The van der Waals surface area contributed by atoms with E-state index in [-0.39, 0.29) is 11.7 Å². The van der Waals surface area contributed by atoms with Gasteiger partial charge in [0.25, 0.3) is 5.91 Å². The summed E-state index contributed by atoms with van der Waals surface area (Å²) in [5.74, 6) is 0.209. The van der Waals surface area contributed by atoms with Gasteiger partial charge in [-0.25, -0.2) is 0 Å². The first-order valence-corrected chi connectivity index (χ1v) is 11.1. The SMILES string of the molecule is O=C(NCC/C=C/c1ccncc1)c1ccccc1CNCCc1c[nH]c2ccc(O)cc12. The highest BCUT2D eigenvalue weighted by molar-refractivity contribution is 5.95.